The summed E-state index contributed by atoms with van der Waals surface area (Å²) in [4.78, 5) is 73.1. The summed E-state index contributed by atoms with van der Waals surface area (Å²) in [5.41, 5.74) is -2.28. The quantitative estimate of drug-likeness (QED) is 0.0446. The van der Waals surface area contributed by atoms with Crippen LogP contribution in [0.4, 0.5) is 28.9 Å². The maximum absolute atomic E-state index is 15.1. The first kappa shape index (κ1) is 48.1. The monoisotopic (exact) mass is 926 g/mol. The molecule has 2 amide bonds. The molecule has 0 unspecified atom stereocenters. The zero-order valence-electron chi connectivity index (χ0n) is 33.3. The molecule has 2 saturated carbocycles. The number of hydrogen-bond donors (Lipinski definition) is 4. The molecule has 62 heavy (non-hydrogen) atoms. The standard InChI is InChI=1S/C20H17F2N3O4.C17H12BrF2N3O4.C3H7BO2/c1-3-29-20(28)18(26)14-15(22)17(25(2)16(14)10-4-5-10)19(27)24-12-6-7-13(21)11(8-12)9-23;1-3-27-17(26)14(24)11-12(20)13(23(2)15(11)18)16(25)22-9-4-5-10(19)8(6-9)7-21;5-4(6)3-1-2-3/h6-8,10H,3-5H2,1-2H3,(H,24,27);4-6H,3H2,1-2H3,(H,22,25);3,5-6H,1-2H2. The van der Waals surface area contributed by atoms with E-state index in [0.29, 0.717) is 12.8 Å². The van der Waals surface area contributed by atoms with Crippen LogP contribution < -0.4 is 10.6 Å². The average molecular weight is 927 g/mol. The number of anilines is 2. The Hall–Kier alpha value is -6.62. The van der Waals surface area contributed by atoms with Crippen LogP contribution in [-0.4, -0.2) is 74.8 Å². The molecule has 2 fully saturated rings. The Morgan fingerprint density at radius 1 is 0.742 bits per heavy atom. The summed E-state index contributed by atoms with van der Waals surface area (Å²) < 4.78 is 68.1. The van der Waals surface area contributed by atoms with E-state index in [-0.39, 0.29) is 57.7 Å². The molecule has 0 saturated heterocycles. The van der Waals surface area contributed by atoms with Crippen LogP contribution in [0.5, 0.6) is 0 Å². The Labute approximate surface area is 359 Å². The fourth-order valence-corrected chi connectivity index (χ4v) is 6.32. The van der Waals surface area contributed by atoms with E-state index in [1.807, 2.05) is 0 Å². The van der Waals surface area contributed by atoms with Gasteiger partial charge in [-0.3, -0.25) is 19.2 Å². The fourth-order valence-electron chi connectivity index (χ4n) is 5.79. The van der Waals surface area contributed by atoms with Crippen molar-refractivity contribution in [2.24, 2.45) is 14.1 Å². The number of carbonyl (C=O) groups is 6. The second-order valence-corrected chi connectivity index (χ2v) is 14.3. The van der Waals surface area contributed by atoms with Crippen LogP contribution in [0.2, 0.25) is 5.82 Å². The second-order valence-electron chi connectivity index (χ2n) is 13.5. The van der Waals surface area contributed by atoms with Gasteiger partial charge in [-0.15, -0.1) is 0 Å². The molecule has 324 valence electrons. The number of hydrogen-bond acceptors (Lipinski definition) is 12. The lowest BCUT2D eigenvalue weighted by molar-refractivity contribution is -0.138. The van der Waals surface area contributed by atoms with Gasteiger partial charge in [-0.05, 0) is 84.8 Å². The number of amides is 2. The zero-order chi connectivity index (χ0) is 46.2. The van der Waals surface area contributed by atoms with Crippen LogP contribution in [0, 0.1) is 45.9 Å². The minimum absolute atomic E-state index is 0.0447. The molecule has 0 atom stereocenters. The molecule has 2 heterocycles. The minimum Gasteiger partial charge on any atom is -0.460 e. The van der Waals surface area contributed by atoms with Crippen molar-refractivity contribution in [3.8, 4) is 12.1 Å². The second kappa shape index (κ2) is 20.8. The van der Waals surface area contributed by atoms with Crippen molar-refractivity contribution in [3.05, 3.63) is 104 Å². The third kappa shape index (κ3) is 11.0. The molecule has 6 rings (SSSR count). The van der Waals surface area contributed by atoms with Crippen LogP contribution in [0.15, 0.2) is 41.0 Å². The Balaban J connectivity index is 0.000000240. The molecule has 2 aromatic carbocycles. The van der Waals surface area contributed by atoms with Crippen molar-refractivity contribution < 1.29 is 65.9 Å². The smallest absolute Gasteiger partial charge is 0.454 e. The van der Waals surface area contributed by atoms with Crippen molar-refractivity contribution in [3.63, 3.8) is 0 Å². The van der Waals surface area contributed by atoms with Gasteiger partial charge in [0.1, 0.15) is 35.2 Å². The summed E-state index contributed by atoms with van der Waals surface area (Å²) in [7, 11) is 1.69. The molecule has 0 radical (unpaired) electrons. The Morgan fingerprint density at radius 3 is 1.53 bits per heavy atom. The van der Waals surface area contributed by atoms with Gasteiger partial charge in [0.15, 0.2) is 11.6 Å². The molecular formula is C40H36BBrF4N6O10. The van der Waals surface area contributed by atoms with E-state index in [2.05, 4.69) is 36.0 Å². The molecule has 4 N–H and O–H groups in total. The fraction of sp³-hybridized carbons (Fsp3) is 0.300. The predicted molar refractivity (Wildman–Crippen MR) is 214 cm³/mol. The summed E-state index contributed by atoms with van der Waals surface area (Å²) in [5, 5.41) is 38.9. The van der Waals surface area contributed by atoms with Crippen LogP contribution in [-0.2, 0) is 33.2 Å². The Kier molecular flexibility index (Phi) is 16.1. The largest absolute Gasteiger partial charge is 0.460 e. The van der Waals surface area contributed by atoms with Gasteiger partial charge in [0, 0.05) is 37.1 Å². The number of rotatable bonds is 12. The summed E-state index contributed by atoms with van der Waals surface area (Å²) in [5.74, 6) is -10.5. The SMILES string of the molecule is CCOC(=O)C(=O)c1c(F)c(C(=O)Nc2ccc(F)c(C#N)c2)n(C)c1Br.CCOC(=O)C(=O)c1c(F)c(C(=O)Nc2ccc(F)c(C#N)c2)n(C)c1C1CC1.OB(O)C1CC1. The Bertz CT molecular complexity index is 2540. The number of ether oxygens (including phenoxy) is 2. The summed E-state index contributed by atoms with van der Waals surface area (Å²) >= 11 is 2.98. The summed E-state index contributed by atoms with van der Waals surface area (Å²) in [6, 6.07) is 9.84. The first-order chi connectivity index (χ1) is 29.3. The number of carbonyl (C=O) groups excluding carboxylic acids is 6. The highest BCUT2D eigenvalue weighted by molar-refractivity contribution is 9.10. The van der Waals surface area contributed by atoms with Crippen molar-refractivity contribution >= 4 is 69.7 Å². The van der Waals surface area contributed by atoms with E-state index in [1.54, 1.807) is 12.1 Å². The highest BCUT2D eigenvalue weighted by Gasteiger charge is 2.40. The number of Topliss-reactive ketones (excluding diaryl/α,β-unsaturated/α-hetero) is 2. The van der Waals surface area contributed by atoms with Crippen molar-refractivity contribution in [2.75, 3.05) is 23.8 Å². The van der Waals surface area contributed by atoms with Gasteiger partial charge in [0.25, 0.3) is 23.4 Å². The van der Waals surface area contributed by atoms with Gasteiger partial charge < -0.3 is 39.3 Å². The lowest BCUT2D eigenvalue weighted by Crippen LogP contribution is -2.20. The topological polar surface area (TPSA) is 243 Å². The van der Waals surface area contributed by atoms with Gasteiger partial charge in [-0.25, -0.2) is 27.2 Å². The van der Waals surface area contributed by atoms with E-state index in [4.69, 9.17) is 20.6 Å². The van der Waals surface area contributed by atoms with Crippen molar-refractivity contribution in [1.82, 2.24) is 9.13 Å². The third-order valence-corrected chi connectivity index (χ3v) is 10.1. The van der Waals surface area contributed by atoms with Crippen LogP contribution >= 0.6 is 15.9 Å². The molecule has 0 spiro atoms. The van der Waals surface area contributed by atoms with Gasteiger partial charge in [0.2, 0.25) is 0 Å². The molecule has 2 aliphatic rings. The van der Waals surface area contributed by atoms with E-state index >= 15 is 4.39 Å². The maximum atomic E-state index is 15.1. The molecule has 4 aromatic rings. The summed E-state index contributed by atoms with van der Waals surface area (Å²) in [6.07, 6.45) is 3.39. The van der Waals surface area contributed by atoms with Gasteiger partial charge in [0.05, 0.1) is 40.1 Å². The van der Waals surface area contributed by atoms with Crippen LogP contribution in [0.3, 0.4) is 0 Å². The number of nitrogens with zero attached hydrogens (tertiary/aromatic N) is 4. The average Bonchev–Trinajstić information content (AvgIpc) is 4.17. The molecular weight excluding hydrogens is 891 g/mol. The van der Waals surface area contributed by atoms with Crippen LogP contribution in [0.25, 0.3) is 0 Å². The number of benzene rings is 2. The van der Waals surface area contributed by atoms with E-state index in [1.165, 1.54) is 44.6 Å². The van der Waals surface area contributed by atoms with Crippen molar-refractivity contribution in [1.29, 1.82) is 10.5 Å². The molecule has 0 bridgehead atoms. The molecule has 2 aliphatic carbocycles. The number of aromatic nitrogens is 2. The number of nitrogens with one attached hydrogen (secondary N) is 2. The first-order valence-corrected chi connectivity index (χ1v) is 19.3. The molecule has 16 nitrogen and oxygen atoms in total. The zero-order valence-corrected chi connectivity index (χ0v) is 34.9. The molecule has 0 aliphatic heterocycles. The van der Waals surface area contributed by atoms with Gasteiger partial charge >= 0.3 is 19.1 Å². The number of esters is 2. The first-order valence-electron chi connectivity index (χ1n) is 18.6. The third-order valence-electron chi connectivity index (χ3n) is 9.15. The normalized spacial score (nSPS) is 12.5. The van der Waals surface area contributed by atoms with E-state index < -0.39 is 88.2 Å². The minimum atomic E-state index is -1.26. The molecule has 2 aromatic heterocycles. The predicted octanol–water partition coefficient (Wildman–Crippen LogP) is 5.61. The van der Waals surface area contributed by atoms with E-state index in [9.17, 15) is 41.9 Å². The molecule has 22 heteroatoms. The number of nitriles is 2. The highest BCUT2D eigenvalue weighted by Crippen LogP contribution is 2.44. The number of halogens is 5. The van der Waals surface area contributed by atoms with Gasteiger partial charge in [-0.1, -0.05) is 12.8 Å². The van der Waals surface area contributed by atoms with E-state index in [0.717, 1.165) is 41.7 Å². The van der Waals surface area contributed by atoms with Crippen molar-refractivity contribution in [2.45, 2.75) is 51.3 Å². The van der Waals surface area contributed by atoms with Crippen LogP contribution in [0.1, 0.15) is 104 Å². The lowest BCUT2D eigenvalue weighted by atomic mass is 9.84. The maximum Gasteiger partial charge on any atom is 0.454 e. The van der Waals surface area contributed by atoms with Gasteiger partial charge in [-0.2, -0.15) is 10.5 Å². The summed E-state index contributed by atoms with van der Waals surface area (Å²) in [6.45, 7) is 2.89. The number of ketones is 2. The highest BCUT2D eigenvalue weighted by atomic mass is 79.9. The lowest BCUT2D eigenvalue weighted by Gasteiger charge is -2.09. The Morgan fingerprint density at radius 2 is 1.16 bits per heavy atom.